The lowest BCUT2D eigenvalue weighted by Gasteiger charge is -2.10. The van der Waals surface area contributed by atoms with E-state index in [1.807, 2.05) is 24.3 Å². The summed E-state index contributed by atoms with van der Waals surface area (Å²) < 4.78 is 11.1. The van der Waals surface area contributed by atoms with Crippen LogP contribution < -0.4 is 26.5 Å². The molecule has 0 aliphatic heterocycles. The number of unbranched alkanes of at least 4 members (excludes halogenated alkanes) is 3. The van der Waals surface area contributed by atoms with E-state index >= 15 is 0 Å². The highest BCUT2D eigenvalue weighted by atomic mass is 35.5. The van der Waals surface area contributed by atoms with E-state index in [2.05, 4.69) is 10.6 Å². The number of benzene rings is 2. The summed E-state index contributed by atoms with van der Waals surface area (Å²) in [5, 5.41) is 27.0. The summed E-state index contributed by atoms with van der Waals surface area (Å²) in [5.74, 6) is -0.275. The number of hydrogen-bond donors (Lipinski definition) is 5. The third-order valence-corrected chi connectivity index (χ3v) is 6.19. The minimum atomic E-state index is -0.404. The van der Waals surface area contributed by atoms with E-state index in [9.17, 15) is 15.0 Å². The number of rotatable bonds is 16. The monoisotopic (exact) mass is 605 g/mol. The summed E-state index contributed by atoms with van der Waals surface area (Å²) in [6.45, 7) is 4.94. The molecule has 3 rings (SSSR count). The maximum atomic E-state index is 12.6. The van der Waals surface area contributed by atoms with Gasteiger partial charge in [-0.3, -0.25) is 4.79 Å². The Morgan fingerprint density at radius 2 is 1.41 bits per heavy atom. The molecule has 0 aliphatic rings. The SMILES string of the molecule is COc1c(O)cc(O)c2c(=O)cc(-c3ccc(CCCCCNCCCCNCCCN)cc3)oc12.Cl.Cl.Cl. The van der Waals surface area contributed by atoms with Crippen molar-refractivity contribution in [2.45, 2.75) is 44.9 Å². The molecule has 0 fully saturated rings. The van der Waals surface area contributed by atoms with Gasteiger partial charge in [-0.2, -0.15) is 0 Å². The Kier molecular flexibility index (Phi) is 18.7. The Bertz CT molecular complexity index is 1160. The van der Waals surface area contributed by atoms with Crippen LogP contribution in [-0.4, -0.2) is 50.0 Å². The second-order valence-electron chi connectivity index (χ2n) is 8.98. The Morgan fingerprint density at radius 1 is 0.821 bits per heavy atom. The first-order valence-electron chi connectivity index (χ1n) is 12.8. The minimum absolute atomic E-state index is 0. The van der Waals surface area contributed by atoms with E-state index in [-0.39, 0.29) is 65.4 Å². The normalized spacial score (nSPS) is 10.4. The van der Waals surface area contributed by atoms with Crippen LogP contribution in [0.4, 0.5) is 0 Å². The maximum Gasteiger partial charge on any atom is 0.204 e. The van der Waals surface area contributed by atoms with E-state index in [4.69, 9.17) is 14.9 Å². The van der Waals surface area contributed by atoms with Crippen LogP contribution in [0.3, 0.4) is 0 Å². The van der Waals surface area contributed by atoms with Crippen molar-refractivity contribution in [2.24, 2.45) is 5.73 Å². The molecule has 0 radical (unpaired) electrons. The Morgan fingerprint density at radius 3 is 2.00 bits per heavy atom. The van der Waals surface area contributed by atoms with Gasteiger partial charge in [0.1, 0.15) is 16.9 Å². The van der Waals surface area contributed by atoms with E-state index in [1.165, 1.54) is 38.0 Å². The summed E-state index contributed by atoms with van der Waals surface area (Å²) in [6, 6.07) is 10.3. The molecular formula is C28H42Cl3N3O5. The van der Waals surface area contributed by atoms with Crippen LogP contribution in [0.5, 0.6) is 17.2 Å². The number of fused-ring (bicyclic) bond motifs is 1. The van der Waals surface area contributed by atoms with Crippen molar-refractivity contribution in [3.05, 3.63) is 52.2 Å². The number of hydrogen-bond acceptors (Lipinski definition) is 8. The van der Waals surface area contributed by atoms with Crippen LogP contribution in [0.1, 0.15) is 44.1 Å². The van der Waals surface area contributed by atoms with Gasteiger partial charge in [-0.25, -0.2) is 0 Å². The molecule has 3 aromatic rings. The molecule has 0 atom stereocenters. The minimum Gasteiger partial charge on any atom is -0.507 e. The van der Waals surface area contributed by atoms with E-state index in [0.717, 1.165) is 70.0 Å². The number of halogens is 3. The molecule has 0 unspecified atom stereocenters. The van der Waals surface area contributed by atoms with Crippen LogP contribution in [0.2, 0.25) is 0 Å². The quantitative estimate of drug-likeness (QED) is 0.141. The molecule has 0 aliphatic carbocycles. The molecule has 39 heavy (non-hydrogen) atoms. The number of ether oxygens (including phenoxy) is 1. The van der Waals surface area contributed by atoms with Gasteiger partial charge < -0.3 is 35.7 Å². The predicted molar refractivity (Wildman–Crippen MR) is 166 cm³/mol. The molecule has 1 aromatic heterocycles. The van der Waals surface area contributed by atoms with Gasteiger partial charge in [0.2, 0.25) is 5.75 Å². The molecule has 0 amide bonds. The molecule has 0 bridgehead atoms. The zero-order chi connectivity index (χ0) is 25.8. The van der Waals surface area contributed by atoms with Gasteiger partial charge in [0.15, 0.2) is 16.8 Å². The zero-order valence-electron chi connectivity index (χ0n) is 22.4. The van der Waals surface area contributed by atoms with Crippen LogP contribution in [0.25, 0.3) is 22.3 Å². The standard InChI is InChI=1S/C28H39N3O5.3ClH/c1-35-27-24(34)18-22(32)26-23(33)19-25(36-28(26)27)21-11-9-20(10-12-21)8-3-2-4-14-30-15-5-6-16-31-17-7-13-29;;;/h9-12,18-19,30-32,34H,2-8,13-17,29H2,1H3;3*1H. The first-order chi connectivity index (χ1) is 17.5. The number of aromatic hydroxyl groups is 2. The molecular weight excluding hydrogens is 565 g/mol. The van der Waals surface area contributed by atoms with Gasteiger partial charge >= 0.3 is 0 Å². The number of nitrogens with one attached hydrogen (secondary N) is 2. The third-order valence-electron chi connectivity index (χ3n) is 6.19. The zero-order valence-corrected chi connectivity index (χ0v) is 24.8. The third kappa shape index (κ3) is 11.1. The van der Waals surface area contributed by atoms with Gasteiger partial charge in [-0.05, 0) is 76.8 Å². The largest absolute Gasteiger partial charge is 0.507 e. The van der Waals surface area contributed by atoms with E-state index in [1.54, 1.807) is 0 Å². The fourth-order valence-electron chi connectivity index (χ4n) is 4.19. The Labute approximate surface area is 248 Å². The highest BCUT2D eigenvalue weighted by molar-refractivity contribution is 5.91. The topological polar surface area (TPSA) is 130 Å². The second kappa shape index (κ2) is 19.8. The van der Waals surface area contributed by atoms with Crippen molar-refractivity contribution in [1.29, 1.82) is 0 Å². The van der Waals surface area contributed by atoms with Gasteiger partial charge in [0, 0.05) is 17.7 Å². The average molecular weight is 607 g/mol. The van der Waals surface area contributed by atoms with Crippen LogP contribution >= 0.6 is 37.2 Å². The van der Waals surface area contributed by atoms with E-state index < -0.39 is 5.43 Å². The smallest absolute Gasteiger partial charge is 0.204 e. The molecule has 11 heteroatoms. The molecule has 8 nitrogen and oxygen atoms in total. The first-order valence-corrected chi connectivity index (χ1v) is 12.8. The molecule has 0 spiro atoms. The fraction of sp³-hybridized carbons (Fsp3) is 0.464. The summed E-state index contributed by atoms with van der Waals surface area (Å²) in [7, 11) is 1.37. The highest BCUT2D eigenvalue weighted by Gasteiger charge is 2.18. The molecule has 0 saturated heterocycles. The summed E-state index contributed by atoms with van der Waals surface area (Å²) in [4.78, 5) is 12.6. The summed E-state index contributed by atoms with van der Waals surface area (Å²) in [5.41, 5.74) is 7.06. The molecule has 220 valence electrons. The van der Waals surface area contributed by atoms with Crippen LogP contribution in [0.15, 0.2) is 45.6 Å². The van der Waals surface area contributed by atoms with Crippen molar-refractivity contribution in [3.8, 4) is 28.6 Å². The summed E-state index contributed by atoms with van der Waals surface area (Å²) in [6.07, 6.45) is 7.86. The number of phenolic OH excluding ortho intramolecular Hbond substituents is 2. The first kappa shape index (κ1) is 36.8. The number of methoxy groups -OCH3 is 1. The van der Waals surface area contributed by atoms with E-state index in [0.29, 0.717) is 5.76 Å². The Hall–Kier alpha value is -2.20. The number of nitrogens with two attached hydrogens (primary N) is 1. The van der Waals surface area contributed by atoms with Crippen molar-refractivity contribution >= 4 is 48.2 Å². The lowest BCUT2D eigenvalue weighted by atomic mass is 10.0. The van der Waals surface area contributed by atoms with Crippen molar-refractivity contribution in [3.63, 3.8) is 0 Å². The van der Waals surface area contributed by atoms with Crippen LogP contribution in [0, 0.1) is 0 Å². The average Bonchev–Trinajstić information content (AvgIpc) is 2.87. The lowest BCUT2D eigenvalue weighted by molar-refractivity contribution is 0.367. The number of aryl methyl sites for hydroxylation is 1. The van der Waals surface area contributed by atoms with Gasteiger partial charge in [0.05, 0.1) is 7.11 Å². The molecule has 2 aromatic carbocycles. The Balaban J connectivity index is 0.00000481. The van der Waals surface area contributed by atoms with Gasteiger partial charge in [-0.1, -0.05) is 30.7 Å². The molecule has 1 heterocycles. The van der Waals surface area contributed by atoms with Gasteiger partial charge in [0.25, 0.3) is 0 Å². The summed E-state index contributed by atoms with van der Waals surface area (Å²) >= 11 is 0. The lowest BCUT2D eigenvalue weighted by Crippen LogP contribution is -2.21. The number of phenols is 2. The van der Waals surface area contributed by atoms with Gasteiger partial charge in [-0.15, -0.1) is 37.2 Å². The highest BCUT2D eigenvalue weighted by Crippen LogP contribution is 2.40. The second-order valence-corrected chi connectivity index (χ2v) is 8.98. The molecule has 0 saturated carbocycles. The van der Waals surface area contributed by atoms with Crippen molar-refractivity contribution in [2.75, 3.05) is 39.8 Å². The maximum absolute atomic E-state index is 12.6. The predicted octanol–water partition coefficient (Wildman–Crippen LogP) is 5.17. The van der Waals surface area contributed by atoms with Crippen molar-refractivity contribution in [1.82, 2.24) is 10.6 Å². The fourth-order valence-corrected chi connectivity index (χ4v) is 4.19. The van der Waals surface area contributed by atoms with Crippen LogP contribution in [-0.2, 0) is 6.42 Å². The molecule has 6 N–H and O–H groups in total. The van der Waals surface area contributed by atoms with Crippen molar-refractivity contribution < 1.29 is 19.4 Å².